The van der Waals surface area contributed by atoms with Gasteiger partial charge in [-0.1, -0.05) is 72.8 Å². The molecule has 7 heterocycles. The monoisotopic (exact) mass is 676 g/mol. The maximum Gasteiger partial charge on any atom is 0.333 e. The molecule has 14 rings (SSSR count). The van der Waals surface area contributed by atoms with E-state index in [-0.39, 0.29) is 13.7 Å². The van der Waals surface area contributed by atoms with Crippen molar-refractivity contribution in [3.63, 3.8) is 0 Å². The molecule has 0 saturated carbocycles. The van der Waals surface area contributed by atoms with Crippen LogP contribution in [0.3, 0.4) is 0 Å². The van der Waals surface area contributed by atoms with Gasteiger partial charge in [0.1, 0.15) is 0 Å². The van der Waals surface area contributed by atoms with Gasteiger partial charge in [-0.15, -0.1) is 11.8 Å². The van der Waals surface area contributed by atoms with Crippen LogP contribution in [0.25, 0.3) is 55.0 Å². The van der Waals surface area contributed by atoms with E-state index in [1.807, 2.05) is 11.8 Å². The number of rotatable bonds is 3. The van der Waals surface area contributed by atoms with E-state index < -0.39 is 0 Å². The van der Waals surface area contributed by atoms with Crippen LogP contribution in [0, 0.1) is 0 Å². The summed E-state index contributed by atoms with van der Waals surface area (Å²) in [6.45, 7) is 0.134. The highest BCUT2D eigenvalue weighted by Gasteiger charge is 2.52. The number of aromatic nitrogens is 2. The Morgan fingerprint density at radius 3 is 2.02 bits per heavy atom. The van der Waals surface area contributed by atoms with Gasteiger partial charge in [0.15, 0.2) is 0 Å². The highest BCUT2D eigenvalue weighted by atomic mass is 32.2. The number of hydrogen-bond acceptors (Lipinski definition) is 3. The summed E-state index contributed by atoms with van der Waals surface area (Å²) in [5.41, 5.74) is 22.7. The van der Waals surface area contributed by atoms with Crippen LogP contribution in [0.1, 0.15) is 0 Å². The minimum Gasteiger partial charge on any atom is -0.382 e. The standard InChI is InChI=1S/C45H26B2N4S/c1-52-28-18-19-33-35(23-28)50(27-12-6-3-7-13-27)36-24-37-42-38-39-43-25(20-21-48(43)46(33)41(36)38)22-32-31-16-8-15-30-29-14-9-17-34(49(37)26-10-4-2-5-11-26)40(29)47(42)51(44(30)31)45(32)39/h2-24H,1H3. The Bertz CT molecular complexity index is 3150. The van der Waals surface area contributed by atoms with Gasteiger partial charge in [0.25, 0.3) is 0 Å². The summed E-state index contributed by atoms with van der Waals surface area (Å²) in [6, 6.07) is 50.6. The summed E-state index contributed by atoms with van der Waals surface area (Å²) in [5.74, 6) is 0. The summed E-state index contributed by atoms with van der Waals surface area (Å²) >= 11 is 1.81. The number of benzene rings is 7. The van der Waals surface area contributed by atoms with Crippen LogP contribution in [-0.4, -0.2) is 28.9 Å². The fraction of sp³-hybridized carbons (Fsp3) is 0.0222. The Balaban J connectivity index is 1.26. The molecule has 5 aliphatic rings. The Morgan fingerprint density at radius 2 is 1.23 bits per heavy atom. The second-order valence-electron chi connectivity index (χ2n) is 14.8. The second-order valence-corrected chi connectivity index (χ2v) is 15.7. The first-order valence-electron chi connectivity index (χ1n) is 18.1. The summed E-state index contributed by atoms with van der Waals surface area (Å²) in [7, 11) is 0. The van der Waals surface area contributed by atoms with Crippen molar-refractivity contribution in [1.29, 1.82) is 0 Å². The molecule has 0 saturated heterocycles. The molecule has 9 aromatic rings. The lowest BCUT2D eigenvalue weighted by Crippen LogP contribution is -2.64. The van der Waals surface area contributed by atoms with E-state index >= 15 is 0 Å². The van der Waals surface area contributed by atoms with Crippen LogP contribution in [0.15, 0.2) is 145 Å². The molecular formula is C45H26B2N4S. The summed E-state index contributed by atoms with van der Waals surface area (Å²) in [6.07, 6.45) is 4.54. The molecule has 0 N–H and O–H groups in total. The molecule has 7 heteroatoms. The van der Waals surface area contributed by atoms with Crippen molar-refractivity contribution in [3.8, 4) is 22.3 Å². The molecule has 0 unspecified atom stereocenters. The van der Waals surface area contributed by atoms with E-state index in [1.54, 1.807) is 0 Å². The molecule has 7 aromatic carbocycles. The molecule has 5 aliphatic heterocycles. The highest BCUT2D eigenvalue weighted by molar-refractivity contribution is 7.98. The summed E-state index contributed by atoms with van der Waals surface area (Å²) in [4.78, 5) is 6.40. The van der Waals surface area contributed by atoms with Gasteiger partial charge in [-0.2, -0.15) is 0 Å². The third kappa shape index (κ3) is 2.81. The highest BCUT2D eigenvalue weighted by Crippen LogP contribution is 2.54. The summed E-state index contributed by atoms with van der Waals surface area (Å²) < 4.78 is 5.35. The average molecular weight is 676 g/mol. The maximum atomic E-state index is 2.75. The Labute approximate surface area is 304 Å². The Kier molecular flexibility index (Phi) is 4.56. The average Bonchev–Trinajstić information content (AvgIpc) is 3.78. The largest absolute Gasteiger partial charge is 0.382 e. The minimum atomic E-state index is 0.0560. The Hall–Kier alpha value is -6.04. The van der Waals surface area contributed by atoms with Crippen molar-refractivity contribution in [2.24, 2.45) is 0 Å². The maximum absolute atomic E-state index is 2.75. The van der Waals surface area contributed by atoms with E-state index in [4.69, 9.17) is 0 Å². The van der Waals surface area contributed by atoms with Crippen molar-refractivity contribution < 1.29 is 0 Å². The smallest absolute Gasteiger partial charge is 0.333 e. The van der Waals surface area contributed by atoms with Crippen molar-refractivity contribution in [2.45, 2.75) is 4.90 Å². The summed E-state index contributed by atoms with van der Waals surface area (Å²) in [5, 5.41) is 4.03. The van der Waals surface area contributed by atoms with Gasteiger partial charge >= 0.3 is 13.7 Å². The molecule has 0 bridgehead atoms. The van der Waals surface area contributed by atoms with Crippen LogP contribution >= 0.6 is 11.8 Å². The van der Waals surface area contributed by atoms with Crippen molar-refractivity contribution in [2.75, 3.05) is 16.1 Å². The fourth-order valence-electron chi connectivity index (χ4n) is 10.9. The van der Waals surface area contributed by atoms with Gasteiger partial charge in [-0.05, 0) is 111 Å². The molecule has 2 aromatic heterocycles. The Morgan fingerprint density at radius 1 is 0.500 bits per heavy atom. The van der Waals surface area contributed by atoms with Crippen LogP contribution in [0.2, 0.25) is 0 Å². The van der Waals surface area contributed by atoms with Gasteiger partial charge in [-0.25, -0.2) is 0 Å². The molecule has 0 atom stereocenters. The predicted molar refractivity (Wildman–Crippen MR) is 221 cm³/mol. The first-order valence-corrected chi connectivity index (χ1v) is 19.4. The van der Waals surface area contributed by atoms with E-state index in [0.29, 0.717) is 0 Å². The normalized spacial score (nSPS) is 14.6. The molecule has 52 heavy (non-hydrogen) atoms. The van der Waals surface area contributed by atoms with Crippen LogP contribution in [0.4, 0.5) is 34.1 Å². The fourth-order valence-corrected chi connectivity index (χ4v) is 11.3. The van der Waals surface area contributed by atoms with Gasteiger partial charge in [-0.3, -0.25) is 0 Å². The zero-order valence-electron chi connectivity index (χ0n) is 28.1. The number of para-hydroxylation sites is 3. The second kappa shape index (κ2) is 8.87. The first kappa shape index (κ1) is 26.7. The van der Waals surface area contributed by atoms with Gasteiger partial charge < -0.3 is 18.8 Å². The van der Waals surface area contributed by atoms with Crippen LogP contribution in [-0.2, 0) is 0 Å². The topological polar surface area (TPSA) is 16.3 Å². The van der Waals surface area contributed by atoms with Gasteiger partial charge in [0, 0.05) is 77.5 Å². The predicted octanol–water partition coefficient (Wildman–Crippen LogP) is 8.62. The van der Waals surface area contributed by atoms with Gasteiger partial charge in [0.05, 0.1) is 0 Å². The number of anilines is 6. The lowest BCUT2D eigenvalue weighted by atomic mass is 9.38. The third-order valence-electron chi connectivity index (χ3n) is 12.7. The van der Waals surface area contributed by atoms with E-state index in [1.165, 1.54) is 116 Å². The molecule has 0 aliphatic carbocycles. The minimum absolute atomic E-state index is 0.0560. The SMILES string of the molecule is CSc1ccc2c(c1)N(c1ccccc1)c1cc3c4c5c1B2n1ccc2cc6c7cccc8c7n(c6c-5c21)B4c1c-8cccc1N3c1ccccc1. The quantitative estimate of drug-likeness (QED) is 0.138. The van der Waals surface area contributed by atoms with E-state index in [9.17, 15) is 0 Å². The molecule has 238 valence electrons. The molecule has 0 fully saturated rings. The number of nitrogens with zero attached hydrogens (tertiary/aromatic N) is 4. The molecule has 0 spiro atoms. The van der Waals surface area contributed by atoms with Crippen LogP contribution in [0.5, 0.6) is 0 Å². The van der Waals surface area contributed by atoms with E-state index in [0.717, 1.165) is 0 Å². The zero-order chi connectivity index (χ0) is 33.6. The lowest BCUT2D eigenvalue weighted by molar-refractivity contribution is 1.20. The van der Waals surface area contributed by atoms with Crippen molar-refractivity contribution >= 4 is 114 Å². The molecular weight excluding hydrogens is 650 g/mol. The zero-order valence-corrected chi connectivity index (χ0v) is 28.9. The third-order valence-corrected chi connectivity index (χ3v) is 13.4. The molecule has 0 amide bonds. The molecule has 4 nitrogen and oxygen atoms in total. The van der Waals surface area contributed by atoms with E-state index in [2.05, 4.69) is 165 Å². The number of hydrogen-bond donors (Lipinski definition) is 0. The first-order chi connectivity index (χ1) is 25.8. The van der Waals surface area contributed by atoms with Crippen molar-refractivity contribution in [1.82, 2.24) is 8.96 Å². The van der Waals surface area contributed by atoms with Crippen LogP contribution < -0.4 is 31.7 Å². The number of fused-ring (bicyclic) bond motifs is 5. The van der Waals surface area contributed by atoms with Crippen molar-refractivity contribution in [3.05, 3.63) is 140 Å². The molecule has 0 radical (unpaired) electrons. The van der Waals surface area contributed by atoms with Gasteiger partial charge in [0.2, 0.25) is 0 Å². The number of thioether (sulfide) groups is 1. The lowest BCUT2D eigenvalue weighted by Gasteiger charge is -2.48.